The first-order valence-electron chi connectivity index (χ1n) is 8.83. The van der Waals surface area contributed by atoms with Crippen molar-refractivity contribution in [2.75, 3.05) is 13.2 Å². The molecule has 11 heteroatoms. The third-order valence-electron chi connectivity index (χ3n) is 3.89. The Hall–Kier alpha value is -2.55. The quantitative estimate of drug-likeness (QED) is 0.146. The van der Waals surface area contributed by atoms with Crippen LogP contribution in [0.1, 0.15) is 18.1 Å². The van der Waals surface area contributed by atoms with Crippen molar-refractivity contribution in [3.8, 4) is 5.75 Å². The highest BCUT2D eigenvalue weighted by atomic mass is 127. The zero-order valence-corrected chi connectivity index (χ0v) is 20.3. The van der Waals surface area contributed by atoms with E-state index in [2.05, 4.69) is 50.2 Å². The maximum absolute atomic E-state index is 12.2. The molecular formula is C20H14I2N2O7. The van der Waals surface area contributed by atoms with E-state index in [4.69, 9.17) is 14.2 Å². The van der Waals surface area contributed by atoms with Crippen LogP contribution < -0.4 is 4.74 Å². The molecule has 0 saturated carbocycles. The highest BCUT2D eigenvalue weighted by molar-refractivity contribution is 14.1. The van der Waals surface area contributed by atoms with Crippen LogP contribution in [0.25, 0.3) is 6.08 Å². The summed E-state index contributed by atoms with van der Waals surface area (Å²) in [6.45, 7) is 1.79. The molecule has 0 saturated heterocycles. The average Bonchev–Trinajstić information content (AvgIpc) is 3.08. The van der Waals surface area contributed by atoms with Crippen LogP contribution in [0.3, 0.4) is 0 Å². The van der Waals surface area contributed by atoms with Gasteiger partial charge in [0.05, 0.1) is 18.7 Å². The largest absolute Gasteiger partial charge is 0.480 e. The van der Waals surface area contributed by atoms with E-state index in [0.29, 0.717) is 16.9 Å². The second-order valence-corrected chi connectivity index (χ2v) is 8.38. The maximum atomic E-state index is 12.2. The van der Waals surface area contributed by atoms with Crippen molar-refractivity contribution in [1.82, 2.24) is 0 Å². The van der Waals surface area contributed by atoms with Gasteiger partial charge in [-0.05, 0) is 81.9 Å². The Morgan fingerprint density at radius 1 is 1.26 bits per heavy atom. The number of non-ortho nitro benzene ring substituents is 1. The summed E-state index contributed by atoms with van der Waals surface area (Å²) in [6, 6.07) is 9.23. The van der Waals surface area contributed by atoms with E-state index in [1.807, 2.05) is 0 Å². The molecule has 31 heavy (non-hydrogen) atoms. The summed E-state index contributed by atoms with van der Waals surface area (Å²) in [5.41, 5.74) is 0.940. The Labute approximate surface area is 203 Å². The molecule has 160 valence electrons. The number of ether oxygens (including phenoxy) is 3. The van der Waals surface area contributed by atoms with Gasteiger partial charge in [0.15, 0.2) is 12.3 Å². The normalized spacial score (nSPS) is 14.2. The molecule has 0 unspecified atom stereocenters. The number of carbonyl (C=O) groups is 2. The van der Waals surface area contributed by atoms with E-state index in [-0.39, 0.29) is 30.5 Å². The summed E-state index contributed by atoms with van der Waals surface area (Å²) in [4.78, 5) is 38.4. The topological polar surface area (TPSA) is 117 Å². The second kappa shape index (κ2) is 10.2. The molecule has 0 radical (unpaired) electrons. The van der Waals surface area contributed by atoms with Gasteiger partial charge in [-0.25, -0.2) is 14.6 Å². The molecule has 0 amide bonds. The molecule has 1 aliphatic heterocycles. The van der Waals surface area contributed by atoms with Gasteiger partial charge in [-0.1, -0.05) is 6.07 Å². The van der Waals surface area contributed by atoms with Gasteiger partial charge in [0, 0.05) is 17.7 Å². The van der Waals surface area contributed by atoms with Crippen LogP contribution in [-0.2, 0) is 19.1 Å². The highest BCUT2D eigenvalue weighted by Crippen LogP contribution is 2.30. The molecule has 3 rings (SSSR count). The number of halogens is 2. The van der Waals surface area contributed by atoms with Gasteiger partial charge >= 0.3 is 11.9 Å². The fourth-order valence-corrected chi connectivity index (χ4v) is 4.71. The number of nitro groups is 1. The Kier molecular flexibility index (Phi) is 7.59. The molecule has 1 heterocycles. The number of nitro benzene ring substituents is 1. The van der Waals surface area contributed by atoms with E-state index < -0.39 is 16.9 Å². The van der Waals surface area contributed by atoms with Crippen molar-refractivity contribution in [1.29, 1.82) is 0 Å². The van der Waals surface area contributed by atoms with Crippen LogP contribution in [-0.4, -0.2) is 36.0 Å². The minimum Gasteiger partial charge on any atom is -0.480 e. The first kappa shape index (κ1) is 23.1. The van der Waals surface area contributed by atoms with E-state index in [1.165, 1.54) is 18.2 Å². The maximum Gasteiger partial charge on any atom is 0.363 e. The molecule has 2 aromatic carbocycles. The molecule has 0 aliphatic carbocycles. The third kappa shape index (κ3) is 5.78. The predicted octanol–water partition coefficient (Wildman–Crippen LogP) is 4.09. The Morgan fingerprint density at radius 2 is 1.97 bits per heavy atom. The van der Waals surface area contributed by atoms with Crippen LogP contribution >= 0.6 is 45.2 Å². The number of carbonyl (C=O) groups excluding carboxylic acids is 2. The van der Waals surface area contributed by atoms with Crippen LogP contribution in [0.5, 0.6) is 5.75 Å². The van der Waals surface area contributed by atoms with Crippen molar-refractivity contribution in [2.45, 2.75) is 6.92 Å². The standard InChI is InChI=1S/C20H14I2N2O7/c1-2-29-17(25)10-30-18-14(21)6-11(7-15(18)22)8-16-20(26)31-19(23-16)12-4-3-5-13(9-12)24(27)28/h3-9H,2,10H2,1H3/b16-8-. The van der Waals surface area contributed by atoms with Gasteiger partial charge in [0.25, 0.3) is 5.69 Å². The number of hydrogen-bond acceptors (Lipinski definition) is 8. The van der Waals surface area contributed by atoms with Crippen LogP contribution in [0.15, 0.2) is 47.1 Å². The average molecular weight is 648 g/mol. The Morgan fingerprint density at radius 3 is 2.61 bits per heavy atom. The molecule has 2 aromatic rings. The second-order valence-electron chi connectivity index (χ2n) is 6.05. The van der Waals surface area contributed by atoms with Crippen LogP contribution in [0.2, 0.25) is 0 Å². The summed E-state index contributed by atoms with van der Waals surface area (Å²) in [7, 11) is 0. The molecule has 0 fully saturated rings. The smallest absolute Gasteiger partial charge is 0.363 e. The van der Waals surface area contributed by atoms with Gasteiger partial charge in [-0.2, -0.15) is 0 Å². The van der Waals surface area contributed by atoms with Crippen molar-refractivity contribution in [3.63, 3.8) is 0 Å². The zero-order valence-electron chi connectivity index (χ0n) is 16.0. The van der Waals surface area contributed by atoms with Gasteiger partial charge in [-0.15, -0.1) is 0 Å². The van der Waals surface area contributed by atoms with Gasteiger partial charge in [0.1, 0.15) is 5.75 Å². The monoisotopic (exact) mass is 648 g/mol. The first-order valence-corrected chi connectivity index (χ1v) is 11.0. The zero-order chi connectivity index (χ0) is 22.5. The molecule has 0 atom stereocenters. The lowest BCUT2D eigenvalue weighted by Crippen LogP contribution is -2.15. The minimum absolute atomic E-state index is 0.00117. The van der Waals surface area contributed by atoms with Crippen LogP contribution in [0.4, 0.5) is 5.69 Å². The van der Waals surface area contributed by atoms with Crippen molar-refractivity contribution in [2.24, 2.45) is 4.99 Å². The van der Waals surface area contributed by atoms with Gasteiger partial charge in [-0.3, -0.25) is 10.1 Å². The number of aliphatic imine (C=N–C) groups is 1. The first-order chi connectivity index (χ1) is 14.8. The molecule has 0 spiro atoms. The number of esters is 2. The third-order valence-corrected chi connectivity index (χ3v) is 5.49. The Bertz CT molecular complexity index is 1110. The fourth-order valence-electron chi connectivity index (χ4n) is 2.58. The van der Waals surface area contributed by atoms with E-state index in [9.17, 15) is 19.7 Å². The van der Waals surface area contributed by atoms with E-state index in [0.717, 1.165) is 7.14 Å². The summed E-state index contributed by atoms with van der Waals surface area (Å²) < 4.78 is 17.0. The summed E-state index contributed by atoms with van der Waals surface area (Å²) >= 11 is 4.14. The number of benzene rings is 2. The lowest BCUT2D eigenvalue weighted by Gasteiger charge is -2.11. The summed E-state index contributed by atoms with van der Waals surface area (Å²) in [6.07, 6.45) is 1.55. The molecule has 0 aromatic heterocycles. The predicted molar refractivity (Wildman–Crippen MR) is 128 cm³/mol. The molecule has 1 aliphatic rings. The van der Waals surface area contributed by atoms with E-state index in [1.54, 1.807) is 31.2 Å². The van der Waals surface area contributed by atoms with Gasteiger partial charge in [0.2, 0.25) is 5.90 Å². The van der Waals surface area contributed by atoms with Crippen molar-refractivity contribution >= 4 is 74.8 Å². The molecule has 0 bridgehead atoms. The lowest BCUT2D eigenvalue weighted by atomic mass is 10.2. The molecule has 9 nitrogen and oxygen atoms in total. The van der Waals surface area contributed by atoms with Crippen molar-refractivity contribution in [3.05, 3.63) is 70.5 Å². The number of cyclic esters (lactones) is 1. The summed E-state index contributed by atoms with van der Waals surface area (Å²) in [5.74, 6) is -0.587. The SMILES string of the molecule is CCOC(=O)COc1c(I)cc(/C=C2\N=C(c3cccc([N+](=O)[O-])c3)OC2=O)cc1I. The van der Waals surface area contributed by atoms with Crippen LogP contribution in [0, 0.1) is 17.3 Å². The molecular weight excluding hydrogens is 634 g/mol. The number of hydrogen-bond donors (Lipinski definition) is 0. The minimum atomic E-state index is -0.658. The highest BCUT2D eigenvalue weighted by Gasteiger charge is 2.25. The number of nitrogens with zero attached hydrogens (tertiary/aromatic N) is 2. The molecule has 0 N–H and O–H groups in total. The summed E-state index contributed by atoms with van der Waals surface area (Å²) in [5, 5.41) is 11.0. The van der Waals surface area contributed by atoms with E-state index >= 15 is 0 Å². The van der Waals surface area contributed by atoms with Gasteiger partial charge < -0.3 is 14.2 Å². The lowest BCUT2D eigenvalue weighted by molar-refractivity contribution is -0.384. The number of rotatable bonds is 7. The Balaban J connectivity index is 1.84. The fraction of sp³-hybridized carbons (Fsp3) is 0.150. The van der Waals surface area contributed by atoms with Crippen molar-refractivity contribution < 1.29 is 28.7 Å².